The standard InChI is InChI=1S/C20H14N4O2/c25-19(14-7-2-1-3-8-14)22-17-11-5-4-10-16(17)20-23-18(24-26-20)15-9-6-12-21-13-15/h1-13H,(H,22,25). The highest BCUT2D eigenvalue weighted by atomic mass is 16.5. The summed E-state index contributed by atoms with van der Waals surface area (Å²) in [6.07, 6.45) is 3.34. The van der Waals surface area contributed by atoms with Crippen LogP contribution in [-0.2, 0) is 0 Å². The molecule has 0 saturated heterocycles. The number of pyridine rings is 1. The van der Waals surface area contributed by atoms with E-state index in [-0.39, 0.29) is 5.91 Å². The van der Waals surface area contributed by atoms with E-state index in [1.807, 2.05) is 42.5 Å². The fourth-order valence-corrected chi connectivity index (χ4v) is 2.51. The molecule has 2 aromatic carbocycles. The minimum Gasteiger partial charge on any atom is -0.334 e. The molecule has 0 fully saturated rings. The third-order valence-corrected chi connectivity index (χ3v) is 3.79. The van der Waals surface area contributed by atoms with Crippen LogP contribution in [0.3, 0.4) is 0 Å². The van der Waals surface area contributed by atoms with Gasteiger partial charge in [0, 0.05) is 23.5 Å². The zero-order valence-corrected chi connectivity index (χ0v) is 13.7. The van der Waals surface area contributed by atoms with Gasteiger partial charge in [0.2, 0.25) is 5.82 Å². The van der Waals surface area contributed by atoms with Crippen molar-refractivity contribution < 1.29 is 9.32 Å². The molecule has 2 heterocycles. The molecule has 0 bridgehead atoms. The minimum absolute atomic E-state index is 0.204. The number of hydrogen-bond donors (Lipinski definition) is 1. The van der Waals surface area contributed by atoms with Crippen LogP contribution in [0.1, 0.15) is 10.4 Å². The summed E-state index contributed by atoms with van der Waals surface area (Å²) in [5, 5.41) is 6.90. The second-order valence-electron chi connectivity index (χ2n) is 5.53. The molecule has 0 radical (unpaired) electrons. The fraction of sp³-hybridized carbons (Fsp3) is 0. The van der Waals surface area contributed by atoms with Crippen molar-refractivity contribution in [2.75, 3.05) is 5.32 Å². The van der Waals surface area contributed by atoms with Crippen molar-refractivity contribution in [1.29, 1.82) is 0 Å². The maximum Gasteiger partial charge on any atom is 0.260 e. The van der Waals surface area contributed by atoms with E-state index in [1.54, 1.807) is 36.7 Å². The number of anilines is 1. The SMILES string of the molecule is O=C(Nc1ccccc1-c1nc(-c2cccnc2)no1)c1ccccc1. The Labute approximate surface area is 149 Å². The Morgan fingerprint density at radius 2 is 1.73 bits per heavy atom. The number of carbonyl (C=O) groups is 1. The molecule has 0 aliphatic carbocycles. The number of carbonyl (C=O) groups excluding carboxylic acids is 1. The second kappa shape index (κ2) is 6.98. The lowest BCUT2D eigenvalue weighted by atomic mass is 10.1. The molecule has 0 aliphatic heterocycles. The van der Waals surface area contributed by atoms with E-state index in [9.17, 15) is 4.79 Å². The van der Waals surface area contributed by atoms with Gasteiger partial charge in [-0.3, -0.25) is 9.78 Å². The Morgan fingerprint density at radius 1 is 0.923 bits per heavy atom. The van der Waals surface area contributed by atoms with Crippen molar-refractivity contribution in [1.82, 2.24) is 15.1 Å². The molecule has 26 heavy (non-hydrogen) atoms. The van der Waals surface area contributed by atoms with Crippen molar-refractivity contribution >= 4 is 11.6 Å². The predicted octanol–water partition coefficient (Wildman–Crippen LogP) is 4.05. The van der Waals surface area contributed by atoms with Crippen LogP contribution in [0.4, 0.5) is 5.69 Å². The summed E-state index contributed by atoms with van der Waals surface area (Å²) in [6, 6.07) is 20.0. The second-order valence-corrected chi connectivity index (χ2v) is 5.53. The largest absolute Gasteiger partial charge is 0.334 e. The van der Waals surface area contributed by atoms with Crippen LogP contribution in [-0.4, -0.2) is 21.0 Å². The molecule has 0 unspecified atom stereocenters. The molecule has 6 heteroatoms. The average molecular weight is 342 g/mol. The molecular weight excluding hydrogens is 328 g/mol. The Balaban J connectivity index is 1.64. The van der Waals surface area contributed by atoms with Gasteiger partial charge in [0.25, 0.3) is 11.8 Å². The zero-order chi connectivity index (χ0) is 17.8. The summed E-state index contributed by atoms with van der Waals surface area (Å²) in [5.74, 6) is 0.565. The van der Waals surface area contributed by atoms with Gasteiger partial charge in [-0.25, -0.2) is 0 Å². The Kier molecular flexibility index (Phi) is 4.22. The maximum absolute atomic E-state index is 12.4. The van der Waals surface area contributed by atoms with Crippen LogP contribution in [0.15, 0.2) is 83.6 Å². The predicted molar refractivity (Wildman–Crippen MR) is 97.4 cm³/mol. The average Bonchev–Trinajstić information content (AvgIpc) is 3.20. The van der Waals surface area contributed by atoms with Gasteiger partial charge in [0.15, 0.2) is 0 Å². The van der Waals surface area contributed by atoms with Crippen LogP contribution in [0.25, 0.3) is 22.8 Å². The van der Waals surface area contributed by atoms with Crippen molar-refractivity contribution in [3.63, 3.8) is 0 Å². The van der Waals surface area contributed by atoms with E-state index in [4.69, 9.17) is 4.52 Å². The molecule has 0 aliphatic rings. The molecule has 6 nitrogen and oxygen atoms in total. The monoisotopic (exact) mass is 342 g/mol. The first-order chi connectivity index (χ1) is 12.8. The molecule has 0 atom stereocenters. The summed E-state index contributed by atoms with van der Waals surface area (Å²) >= 11 is 0. The van der Waals surface area contributed by atoms with Crippen molar-refractivity contribution in [3.05, 3.63) is 84.7 Å². The van der Waals surface area contributed by atoms with Gasteiger partial charge in [0.05, 0.1) is 11.3 Å². The molecule has 1 amide bonds. The Bertz CT molecular complexity index is 1030. The lowest BCUT2D eigenvalue weighted by Crippen LogP contribution is -2.12. The molecule has 2 aromatic heterocycles. The van der Waals surface area contributed by atoms with Gasteiger partial charge in [0.1, 0.15) is 0 Å². The molecule has 0 saturated carbocycles. The number of amides is 1. The third kappa shape index (κ3) is 3.21. The number of hydrogen-bond acceptors (Lipinski definition) is 5. The molecular formula is C20H14N4O2. The summed E-state index contributed by atoms with van der Waals surface area (Å²) in [7, 11) is 0. The number of benzene rings is 2. The summed E-state index contributed by atoms with van der Waals surface area (Å²) in [4.78, 5) is 20.9. The quantitative estimate of drug-likeness (QED) is 0.605. The highest BCUT2D eigenvalue weighted by molar-refractivity contribution is 6.05. The van der Waals surface area contributed by atoms with Crippen LogP contribution < -0.4 is 5.32 Å². The molecule has 1 N–H and O–H groups in total. The van der Waals surface area contributed by atoms with Crippen molar-refractivity contribution in [2.24, 2.45) is 0 Å². The smallest absolute Gasteiger partial charge is 0.260 e. The summed E-state index contributed by atoms with van der Waals surface area (Å²) < 4.78 is 5.39. The number of aromatic nitrogens is 3. The first-order valence-electron chi connectivity index (χ1n) is 8.01. The summed E-state index contributed by atoms with van der Waals surface area (Å²) in [6.45, 7) is 0. The highest BCUT2D eigenvalue weighted by Gasteiger charge is 2.16. The van der Waals surface area contributed by atoms with Gasteiger partial charge in [-0.1, -0.05) is 35.5 Å². The van der Waals surface area contributed by atoms with Crippen molar-refractivity contribution in [2.45, 2.75) is 0 Å². The molecule has 126 valence electrons. The van der Waals surface area contributed by atoms with Crippen molar-refractivity contribution in [3.8, 4) is 22.8 Å². The number of rotatable bonds is 4. The first-order valence-corrected chi connectivity index (χ1v) is 8.01. The zero-order valence-electron chi connectivity index (χ0n) is 13.7. The summed E-state index contributed by atoms with van der Waals surface area (Å²) in [5.41, 5.74) is 2.58. The third-order valence-electron chi connectivity index (χ3n) is 3.79. The highest BCUT2D eigenvalue weighted by Crippen LogP contribution is 2.28. The van der Waals surface area contributed by atoms with Gasteiger partial charge in [-0.2, -0.15) is 4.98 Å². The minimum atomic E-state index is -0.204. The number of nitrogens with one attached hydrogen (secondary N) is 1. The molecule has 0 spiro atoms. The van der Waals surface area contributed by atoms with Gasteiger partial charge in [-0.05, 0) is 36.4 Å². The maximum atomic E-state index is 12.4. The van der Waals surface area contributed by atoms with Gasteiger partial charge in [-0.15, -0.1) is 0 Å². The van der Waals surface area contributed by atoms with Crippen LogP contribution >= 0.6 is 0 Å². The van der Waals surface area contributed by atoms with E-state index in [2.05, 4.69) is 20.4 Å². The molecule has 4 aromatic rings. The molecule has 4 rings (SSSR count). The number of para-hydroxylation sites is 1. The lowest BCUT2D eigenvalue weighted by molar-refractivity contribution is 0.102. The van der Waals surface area contributed by atoms with E-state index in [0.29, 0.717) is 28.5 Å². The normalized spacial score (nSPS) is 10.5. The Hall–Kier alpha value is -3.80. The fourth-order valence-electron chi connectivity index (χ4n) is 2.51. The van der Waals surface area contributed by atoms with Gasteiger partial charge < -0.3 is 9.84 Å². The van der Waals surface area contributed by atoms with E-state index in [1.165, 1.54) is 0 Å². The lowest BCUT2D eigenvalue weighted by Gasteiger charge is -2.08. The van der Waals surface area contributed by atoms with Crippen LogP contribution in [0.5, 0.6) is 0 Å². The topological polar surface area (TPSA) is 80.9 Å². The Morgan fingerprint density at radius 3 is 2.54 bits per heavy atom. The van der Waals surface area contributed by atoms with E-state index in [0.717, 1.165) is 5.56 Å². The first kappa shape index (κ1) is 15.7. The van der Waals surface area contributed by atoms with E-state index >= 15 is 0 Å². The van der Waals surface area contributed by atoms with Crippen LogP contribution in [0.2, 0.25) is 0 Å². The number of nitrogens with zero attached hydrogens (tertiary/aromatic N) is 3. The van der Waals surface area contributed by atoms with Gasteiger partial charge >= 0.3 is 0 Å². The van der Waals surface area contributed by atoms with Crippen LogP contribution in [0, 0.1) is 0 Å². The van der Waals surface area contributed by atoms with E-state index < -0.39 is 0 Å².